The largest absolute Gasteiger partial charge is 0.489 e. The lowest BCUT2D eigenvalue weighted by Crippen LogP contribution is -2.08. The number of benzene rings is 1. The Kier molecular flexibility index (Phi) is 4.24. The zero-order valence-corrected chi connectivity index (χ0v) is 10.7. The van der Waals surface area contributed by atoms with E-state index in [-0.39, 0.29) is 0 Å². The molecule has 1 aromatic carbocycles. The molecule has 1 aliphatic carbocycles. The Morgan fingerprint density at radius 1 is 1.29 bits per heavy atom. The number of ether oxygens (including phenoxy) is 1. The molecule has 2 rings (SSSR count). The van der Waals surface area contributed by atoms with Crippen LogP contribution >= 0.6 is 0 Å². The van der Waals surface area contributed by atoms with Crippen LogP contribution in [0.25, 0.3) is 0 Å². The van der Waals surface area contributed by atoms with E-state index in [1.54, 1.807) is 0 Å². The summed E-state index contributed by atoms with van der Waals surface area (Å²) in [6.45, 7) is 6.45. The number of rotatable bonds is 4. The van der Waals surface area contributed by atoms with E-state index in [4.69, 9.17) is 4.74 Å². The Labute approximate surface area is 104 Å². The van der Waals surface area contributed by atoms with E-state index in [0.29, 0.717) is 12.5 Å². The highest BCUT2D eigenvalue weighted by atomic mass is 16.5. The smallest absolute Gasteiger partial charge is 0.126 e. The first-order valence-corrected chi connectivity index (χ1v) is 6.66. The monoisotopic (exact) mass is 230 g/mol. The van der Waals surface area contributed by atoms with Crippen LogP contribution in [0.15, 0.2) is 30.9 Å². The quantitative estimate of drug-likeness (QED) is 0.686. The molecule has 0 heterocycles. The third kappa shape index (κ3) is 2.91. The summed E-state index contributed by atoms with van der Waals surface area (Å²) in [5.41, 5.74) is 2.65. The van der Waals surface area contributed by atoms with Crippen molar-refractivity contribution < 1.29 is 4.74 Å². The van der Waals surface area contributed by atoms with Gasteiger partial charge in [0.2, 0.25) is 0 Å². The van der Waals surface area contributed by atoms with E-state index in [1.165, 1.54) is 43.2 Å². The second-order valence-corrected chi connectivity index (χ2v) is 4.93. The highest BCUT2D eigenvalue weighted by Crippen LogP contribution is 2.38. The topological polar surface area (TPSA) is 9.23 Å². The minimum absolute atomic E-state index is 0.602. The molecule has 1 heteroatoms. The lowest BCUT2D eigenvalue weighted by molar-refractivity contribution is 0.345. The van der Waals surface area contributed by atoms with Gasteiger partial charge in [0.1, 0.15) is 12.4 Å². The lowest BCUT2D eigenvalue weighted by atomic mass is 9.83. The summed E-state index contributed by atoms with van der Waals surface area (Å²) in [6, 6.07) is 6.52. The summed E-state index contributed by atoms with van der Waals surface area (Å²) in [5, 5.41) is 0. The summed E-state index contributed by atoms with van der Waals surface area (Å²) in [6.07, 6.45) is 8.56. The molecule has 0 aliphatic heterocycles. The van der Waals surface area contributed by atoms with Gasteiger partial charge in [-0.15, -0.1) is 0 Å². The van der Waals surface area contributed by atoms with Gasteiger partial charge in [-0.2, -0.15) is 0 Å². The Morgan fingerprint density at radius 2 is 2.06 bits per heavy atom. The van der Waals surface area contributed by atoms with E-state index in [9.17, 15) is 0 Å². The maximum atomic E-state index is 5.85. The molecule has 0 atom stereocenters. The summed E-state index contributed by atoms with van der Waals surface area (Å²) in [7, 11) is 0. The van der Waals surface area contributed by atoms with Gasteiger partial charge in [0, 0.05) is 0 Å². The molecule has 17 heavy (non-hydrogen) atoms. The zero-order valence-electron chi connectivity index (χ0n) is 10.7. The number of hydrogen-bond acceptors (Lipinski definition) is 1. The van der Waals surface area contributed by atoms with E-state index in [1.807, 2.05) is 6.08 Å². The fourth-order valence-corrected chi connectivity index (χ4v) is 2.75. The van der Waals surface area contributed by atoms with Gasteiger partial charge in [0.15, 0.2) is 0 Å². The average molecular weight is 230 g/mol. The fraction of sp³-hybridized carbons (Fsp3) is 0.500. The normalized spacial score (nSPS) is 16.8. The standard InChI is InChI=1S/C16H22O/c1-3-12-17-16-13(2)8-7-11-15(16)14-9-5-4-6-10-14/h3,7-8,11,14H,1,4-6,9-10,12H2,2H3. The van der Waals surface area contributed by atoms with Gasteiger partial charge in [0.25, 0.3) is 0 Å². The van der Waals surface area contributed by atoms with Crippen molar-refractivity contribution in [3.05, 3.63) is 42.0 Å². The molecule has 1 saturated carbocycles. The number of aryl methyl sites for hydroxylation is 1. The Balaban J connectivity index is 2.24. The predicted octanol–water partition coefficient (Wildman–Crippen LogP) is 4.61. The molecule has 92 valence electrons. The van der Waals surface area contributed by atoms with Crippen LogP contribution in [0, 0.1) is 6.92 Å². The molecule has 0 N–H and O–H groups in total. The van der Waals surface area contributed by atoms with Gasteiger partial charge < -0.3 is 4.74 Å². The van der Waals surface area contributed by atoms with Crippen molar-refractivity contribution in [1.82, 2.24) is 0 Å². The molecule has 0 amide bonds. The van der Waals surface area contributed by atoms with Crippen LogP contribution in [0.2, 0.25) is 0 Å². The SMILES string of the molecule is C=CCOc1c(C)cccc1C1CCCCC1. The van der Waals surface area contributed by atoms with Crippen LogP contribution in [0.5, 0.6) is 5.75 Å². The van der Waals surface area contributed by atoms with Gasteiger partial charge >= 0.3 is 0 Å². The van der Waals surface area contributed by atoms with E-state index in [0.717, 1.165) is 5.75 Å². The molecular weight excluding hydrogens is 208 g/mol. The van der Waals surface area contributed by atoms with Crippen LogP contribution in [0.4, 0.5) is 0 Å². The van der Waals surface area contributed by atoms with Crippen molar-refractivity contribution in [2.75, 3.05) is 6.61 Å². The summed E-state index contributed by atoms with van der Waals surface area (Å²) in [5.74, 6) is 1.79. The maximum absolute atomic E-state index is 5.85. The van der Waals surface area contributed by atoms with Crippen LogP contribution in [0.3, 0.4) is 0 Å². The highest BCUT2D eigenvalue weighted by Gasteiger charge is 2.19. The van der Waals surface area contributed by atoms with Crippen molar-refractivity contribution in [2.45, 2.75) is 44.9 Å². The van der Waals surface area contributed by atoms with Crippen molar-refractivity contribution >= 4 is 0 Å². The van der Waals surface area contributed by atoms with Crippen LogP contribution in [-0.4, -0.2) is 6.61 Å². The van der Waals surface area contributed by atoms with Gasteiger partial charge in [0.05, 0.1) is 0 Å². The van der Waals surface area contributed by atoms with Gasteiger partial charge in [-0.3, -0.25) is 0 Å². The molecule has 0 aromatic heterocycles. The molecule has 0 saturated heterocycles. The van der Waals surface area contributed by atoms with Gasteiger partial charge in [-0.05, 0) is 36.8 Å². The molecule has 1 fully saturated rings. The fourth-order valence-electron chi connectivity index (χ4n) is 2.75. The Hall–Kier alpha value is -1.24. The first kappa shape index (κ1) is 12.2. The summed E-state index contributed by atoms with van der Waals surface area (Å²) in [4.78, 5) is 0. The molecule has 0 spiro atoms. The van der Waals surface area contributed by atoms with E-state index in [2.05, 4.69) is 31.7 Å². The number of hydrogen-bond donors (Lipinski definition) is 0. The zero-order chi connectivity index (χ0) is 12.1. The van der Waals surface area contributed by atoms with Crippen molar-refractivity contribution in [3.63, 3.8) is 0 Å². The average Bonchev–Trinajstić information content (AvgIpc) is 2.38. The van der Waals surface area contributed by atoms with Crippen LogP contribution in [0.1, 0.15) is 49.1 Å². The van der Waals surface area contributed by atoms with Crippen molar-refractivity contribution in [3.8, 4) is 5.75 Å². The van der Waals surface area contributed by atoms with Gasteiger partial charge in [-0.1, -0.05) is 50.1 Å². The van der Waals surface area contributed by atoms with Gasteiger partial charge in [-0.25, -0.2) is 0 Å². The first-order valence-electron chi connectivity index (χ1n) is 6.66. The molecule has 0 radical (unpaired) electrons. The molecule has 1 nitrogen and oxygen atoms in total. The van der Waals surface area contributed by atoms with Crippen LogP contribution < -0.4 is 4.74 Å². The molecule has 0 bridgehead atoms. The maximum Gasteiger partial charge on any atom is 0.126 e. The van der Waals surface area contributed by atoms with Crippen molar-refractivity contribution in [1.29, 1.82) is 0 Å². The summed E-state index contributed by atoms with van der Waals surface area (Å²) >= 11 is 0. The first-order chi connectivity index (χ1) is 8.33. The lowest BCUT2D eigenvalue weighted by Gasteiger charge is -2.25. The summed E-state index contributed by atoms with van der Waals surface area (Å²) < 4.78 is 5.85. The second kappa shape index (κ2) is 5.90. The molecule has 1 aromatic rings. The van der Waals surface area contributed by atoms with Crippen LogP contribution in [-0.2, 0) is 0 Å². The minimum atomic E-state index is 0.602. The predicted molar refractivity (Wildman–Crippen MR) is 72.7 cm³/mol. The van der Waals surface area contributed by atoms with Crippen molar-refractivity contribution in [2.24, 2.45) is 0 Å². The second-order valence-electron chi connectivity index (χ2n) is 4.93. The Bertz CT molecular complexity index is 375. The highest BCUT2D eigenvalue weighted by molar-refractivity contribution is 5.43. The Morgan fingerprint density at radius 3 is 2.76 bits per heavy atom. The van der Waals surface area contributed by atoms with E-state index >= 15 is 0 Å². The third-order valence-corrected chi connectivity index (χ3v) is 3.63. The minimum Gasteiger partial charge on any atom is -0.489 e. The number of para-hydroxylation sites is 1. The molecular formula is C16H22O. The molecule has 0 unspecified atom stereocenters. The third-order valence-electron chi connectivity index (χ3n) is 3.63. The molecule has 1 aliphatic rings. The van der Waals surface area contributed by atoms with E-state index < -0.39 is 0 Å².